The van der Waals surface area contributed by atoms with Gasteiger partial charge in [-0.1, -0.05) is 6.08 Å². The lowest BCUT2D eigenvalue weighted by atomic mass is 10.2. The molecule has 0 radical (unpaired) electrons. The first-order valence-electron chi connectivity index (χ1n) is 7.67. The highest BCUT2D eigenvalue weighted by Gasteiger charge is 2.27. The van der Waals surface area contributed by atoms with Crippen LogP contribution in [0.3, 0.4) is 0 Å². The summed E-state index contributed by atoms with van der Waals surface area (Å²) >= 11 is 0. The lowest BCUT2D eigenvalue weighted by Gasteiger charge is -2.38. The number of nitrogens with one attached hydrogen (secondary N) is 1. The summed E-state index contributed by atoms with van der Waals surface area (Å²) in [4.78, 5) is 16.6. The SMILES string of the molecule is C=CCNC(=O)C(C)N1CCN(CC2CCCO2)CC1. The summed E-state index contributed by atoms with van der Waals surface area (Å²) < 4.78 is 5.68. The molecule has 2 saturated heterocycles. The number of ether oxygens (including phenoxy) is 1. The molecular formula is C15H27N3O2. The van der Waals surface area contributed by atoms with Crippen LogP contribution in [0.5, 0.6) is 0 Å². The molecule has 2 aliphatic rings. The summed E-state index contributed by atoms with van der Waals surface area (Å²) in [7, 11) is 0. The molecule has 2 aliphatic heterocycles. The molecule has 114 valence electrons. The van der Waals surface area contributed by atoms with Crippen molar-refractivity contribution in [3.8, 4) is 0 Å². The van der Waals surface area contributed by atoms with Gasteiger partial charge in [-0.25, -0.2) is 0 Å². The Morgan fingerprint density at radius 2 is 2.20 bits per heavy atom. The number of carbonyl (C=O) groups is 1. The summed E-state index contributed by atoms with van der Waals surface area (Å²) in [6, 6.07) is -0.0557. The summed E-state index contributed by atoms with van der Waals surface area (Å²) in [6.45, 7) is 12.1. The van der Waals surface area contributed by atoms with Crippen LogP contribution in [0.4, 0.5) is 0 Å². The van der Waals surface area contributed by atoms with Crippen molar-refractivity contribution in [3.05, 3.63) is 12.7 Å². The summed E-state index contributed by atoms with van der Waals surface area (Å²) in [5.74, 6) is 0.0949. The minimum Gasteiger partial charge on any atom is -0.377 e. The maximum Gasteiger partial charge on any atom is 0.237 e. The molecule has 0 aliphatic carbocycles. The van der Waals surface area contributed by atoms with Gasteiger partial charge in [-0.2, -0.15) is 0 Å². The minimum absolute atomic E-state index is 0.0557. The number of amides is 1. The monoisotopic (exact) mass is 281 g/mol. The van der Waals surface area contributed by atoms with E-state index in [9.17, 15) is 4.79 Å². The van der Waals surface area contributed by atoms with Gasteiger partial charge in [-0.05, 0) is 19.8 Å². The molecule has 2 heterocycles. The van der Waals surface area contributed by atoms with Crippen molar-refractivity contribution < 1.29 is 9.53 Å². The Morgan fingerprint density at radius 1 is 1.45 bits per heavy atom. The van der Waals surface area contributed by atoms with E-state index < -0.39 is 0 Å². The van der Waals surface area contributed by atoms with Gasteiger partial charge in [0, 0.05) is 45.9 Å². The second kappa shape index (κ2) is 7.76. The van der Waals surface area contributed by atoms with Crippen molar-refractivity contribution in [1.29, 1.82) is 0 Å². The number of carbonyl (C=O) groups excluding carboxylic acids is 1. The van der Waals surface area contributed by atoms with Gasteiger partial charge in [0.1, 0.15) is 0 Å². The Hall–Kier alpha value is -0.910. The Morgan fingerprint density at radius 3 is 2.80 bits per heavy atom. The van der Waals surface area contributed by atoms with E-state index in [1.54, 1.807) is 6.08 Å². The fourth-order valence-corrected chi connectivity index (χ4v) is 2.90. The van der Waals surface area contributed by atoms with Gasteiger partial charge in [0.25, 0.3) is 0 Å². The van der Waals surface area contributed by atoms with Crippen LogP contribution in [0.15, 0.2) is 12.7 Å². The molecule has 0 bridgehead atoms. The topological polar surface area (TPSA) is 44.8 Å². The molecule has 20 heavy (non-hydrogen) atoms. The highest BCUT2D eigenvalue weighted by molar-refractivity contribution is 5.81. The van der Waals surface area contributed by atoms with Crippen LogP contribution in [0, 0.1) is 0 Å². The molecule has 1 amide bonds. The van der Waals surface area contributed by atoms with Crippen LogP contribution in [0.25, 0.3) is 0 Å². The average molecular weight is 281 g/mol. The number of hydrogen-bond acceptors (Lipinski definition) is 4. The first-order chi connectivity index (χ1) is 9.70. The van der Waals surface area contributed by atoms with Crippen molar-refractivity contribution in [2.24, 2.45) is 0 Å². The van der Waals surface area contributed by atoms with E-state index in [0.717, 1.165) is 39.3 Å². The van der Waals surface area contributed by atoms with Crippen LogP contribution in [-0.4, -0.2) is 73.7 Å². The van der Waals surface area contributed by atoms with E-state index >= 15 is 0 Å². The van der Waals surface area contributed by atoms with Gasteiger partial charge in [0.15, 0.2) is 0 Å². The highest BCUT2D eigenvalue weighted by Crippen LogP contribution is 2.15. The average Bonchev–Trinajstić information content (AvgIpc) is 2.97. The van der Waals surface area contributed by atoms with E-state index in [-0.39, 0.29) is 11.9 Å². The zero-order valence-electron chi connectivity index (χ0n) is 12.5. The van der Waals surface area contributed by atoms with E-state index in [2.05, 4.69) is 21.7 Å². The first kappa shape index (κ1) is 15.5. The first-order valence-corrected chi connectivity index (χ1v) is 7.67. The van der Waals surface area contributed by atoms with Gasteiger partial charge in [0.05, 0.1) is 12.1 Å². The van der Waals surface area contributed by atoms with Crippen molar-refractivity contribution >= 4 is 5.91 Å². The lowest BCUT2D eigenvalue weighted by molar-refractivity contribution is -0.126. The van der Waals surface area contributed by atoms with Gasteiger partial charge in [0.2, 0.25) is 5.91 Å². The van der Waals surface area contributed by atoms with Crippen LogP contribution >= 0.6 is 0 Å². The molecule has 0 aromatic heterocycles. The van der Waals surface area contributed by atoms with Gasteiger partial charge in [-0.3, -0.25) is 14.6 Å². The summed E-state index contributed by atoms with van der Waals surface area (Å²) in [5.41, 5.74) is 0. The molecule has 0 saturated carbocycles. The molecule has 2 unspecified atom stereocenters. The Bertz CT molecular complexity index is 321. The number of piperazine rings is 1. The zero-order chi connectivity index (χ0) is 14.4. The van der Waals surface area contributed by atoms with Crippen LogP contribution in [0.1, 0.15) is 19.8 Å². The van der Waals surface area contributed by atoms with Crippen molar-refractivity contribution in [2.75, 3.05) is 45.9 Å². The van der Waals surface area contributed by atoms with Crippen molar-refractivity contribution in [2.45, 2.75) is 31.9 Å². The minimum atomic E-state index is -0.0557. The zero-order valence-corrected chi connectivity index (χ0v) is 12.5. The van der Waals surface area contributed by atoms with E-state index in [0.29, 0.717) is 12.6 Å². The quantitative estimate of drug-likeness (QED) is 0.719. The van der Waals surface area contributed by atoms with E-state index in [4.69, 9.17) is 4.74 Å². The number of hydrogen-bond donors (Lipinski definition) is 1. The standard InChI is InChI=1S/C15H27N3O2/c1-3-6-16-15(19)13(2)18-9-7-17(8-10-18)12-14-5-4-11-20-14/h3,13-14H,1,4-12H2,2H3,(H,16,19). The highest BCUT2D eigenvalue weighted by atomic mass is 16.5. The molecular weight excluding hydrogens is 254 g/mol. The normalized spacial score (nSPS) is 26.4. The third kappa shape index (κ3) is 4.30. The molecule has 1 N–H and O–H groups in total. The van der Waals surface area contributed by atoms with Gasteiger partial charge in [-0.15, -0.1) is 6.58 Å². The molecule has 2 atom stereocenters. The fraction of sp³-hybridized carbons (Fsp3) is 0.800. The second-order valence-corrected chi connectivity index (χ2v) is 5.68. The number of rotatable bonds is 6. The Balaban J connectivity index is 1.69. The maximum absolute atomic E-state index is 11.9. The van der Waals surface area contributed by atoms with Gasteiger partial charge < -0.3 is 10.1 Å². The predicted molar refractivity (Wildman–Crippen MR) is 79.7 cm³/mol. The Labute approximate surface area is 121 Å². The van der Waals surface area contributed by atoms with Crippen molar-refractivity contribution in [1.82, 2.24) is 15.1 Å². The maximum atomic E-state index is 11.9. The van der Waals surface area contributed by atoms with Crippen molar-refractivity contribution in [3.63, 3.8) is 0 Å². The van der Waals surface area contributed by atoms with E-state index in [1.807, 2.05) is 6.92 Å². The van der Waals surface area contributed by atoms with Crippen LogP contribution < -0.4 is 5.32 Å². The van der Waals surface area contributed by atoms with E-state index in [1.165, 1.54) is 12.8 Å². The molecule has 0 aromatic rings. The molecule has 0 aromatic carbocycles. The molecule has 5 nitrogen and oxygen atoms in total. The van der Waals surface area contributed by atoms with Crippen LogP contribution in [0.2, 0.25) is 0 Å². The predicted octanol–water partition coefficient (Wildman–Crippen LogP) is 0.474. The fourth-order valence-electron chi connectivity index (χ4n) is 2.90. The molecule has 0 spiro atoms. The molecule has 2 fully saturated rings. The number of nitrogens with zero attached hydrogens (tertiary/aromatic N) is 2. The summed E-state index contributed by atoms with van der Waals surface area (Å²) in [6.07, 6.45) is 4.53. The lowest BCUT2D eigenvalue weighted by Crippen LogP contribution is -2.54. The largest absolute Gasteiger partial charge is 0.377 e. The smallest absolute Gasteiger partial charge is 0.237 e. The van der Waals surface area contributed by atoms with Gasteiger partial charge >= 0.3 is 0 Å². The second-order valence-electron chi connectivity index (χ2n) is 5.68. The third-order valence-corrected chi connectivity index (χ3v) is 4.24. The van der Waals surface area contributed by atoms with Crippen LogP contribution in [-0.2, 0) is 9.53 Å². The third-order valence-electron chi connectivity index (χ3n) is 4.24. The Kier molecular flexibility index (Phi) is 6.01. The molecule has 5 heteroatoms. The summed E-state index contributed by atoms with van der Waals surface area (Å²) in [5, 5.41) is 2.87. The molecule has 2 rings (SSSR count).